The van der Waals surface area contributed by atoms with Gasteiger partial charge in [0.1, 0.15) is 0 Å². The van der Waals surface area contributed by atoms with E-state index in [-0.39, 0.29) is 41.0 Å². The Morgan fingerprint density at radius 3 is 2.16 bits per heavy atom. The lowest BCUT2D eigenvalue weighted by Crippen LogP contribution is -2.33. The number of rotatable bonds is 8. The van der Waals surface area contributed by atoms with Gasteiger partial charge in [0.15, 0.2) is 6.61 Å². The minimum atomic E-state index is -0.713. The monoisotopic (exact) mass is 516 g/mol. The topological polar surface area (TPSA) is 119 Å². The average molecular weight is 517 g/mol. The number of anilines is 2. The summed E-state index contributed by atoms with van der Waals surface area (Å²) in [5.74, 6) is -2.42. The van der Waals surface area contributed by atoms with Gasteiger partial charge < -0.3 is 14.8 Å². The second-order valence-electron chi connectivity index (χ2n) is 9.86. The van der Waals surface area contributed by atoms with Crippen LogP contribution in [-0.4, -0.2) is 42.9 Å². The molecule has 1 saturated carbocycles. The Morgan fingerprint density at radius 1 is 0.895 bits per heavy atom. The Hall–Kier alpha value is -4.27. The predicted molar refractivity (Wildman–Crippen MR) is 137 cm³/mol. The summed E-state index contributed by atoms with van der Waals surface area (Å²) >= 11 is 0. The van der Waals surface area contributed by atoms with Gasteiger partial charge in [0.05, 0.1) is 35.3 Å². The van der Waals surface area contributed by atoms with E-state index in [0.717, 1.165) is 12.8 Å². The van der Waals surface area contributed by atoms with Crippen molar-refractivity contribution in [1.82, 2.24) is 0 Å². The number of nitrogens with one attached hydrogen (secondary N) is 1. The molecule has 1 N–H and O–H groups in total. The quantitative estimate of drug-likeness (QED) is 0.322. The molecule has 9 heteroatoms. The van der Waals surface area contributed by atoms with E-state index in [1.54, 1.807) is 24.3 Å². The van der Waals surface area contributed by atoms with Gasteiger partial charge in [-0.3, -0.25) is 19.3 Å². The van der Waals surface area contributed by atoms with E-state index in [4.69, 9.17) is 9.47 Å². The maximum absolute atomic E-state index is 13.1. The summed E-state index contributed by atoms with van der Waals surface area (Å²) in [6.07, 6.45) is 3.71. The zero-order valence-electron chi connectivity index (χ0n) is 21.1. The molecule has 1 aliphatic heterocycles. The van der Waals surface area contributed by atoms with Crippen molar-refractivity contribution in [2.45, 2.75) is 26.7 Å². The number of hydrogen-bond donors (Lipinski definition) is 1. The second kappa shape index (κ2) is 10.2. The van der Waals surface area contributed by atoms with Gasteiger partial charge in [-0.15, -0.1) is 0 Å². The Labute approximate surface area is 219 Å². The molecule has 196 valence electrons. The van der Waals surface area contributed by atoms with Crippen molar-refractivity contribution >= 4 is 41.0 Å². The van der Waals surface area contributed by atoms with Crippen LogP contribution in [0, 0.1) is 23.7 Å². The fourth-order valence-corrected chi connectivity index (χ4v) is 5.65. The molecule has 3 amide bonds. The molecule has 0 aromatic heterocycles. The van der Waals surface area contributed by atoms with Crippen molar-refractivity contribution in [3.05, 3.63) is 71.3 Å². The molecule has 1 saturated heterocycles. The van der Waals surface area contributed by atoms with Crippen LogP contribution in [0.15, 0.2) is 60.2 Å². The van der Waals surface area contributed by atoms with Gasteiger partial charge in [-0.2, -0.15) is 0 Å². The van der Waals surface area contributed by atoms with Crippen molar-refractivity contribution in [3.63, 3.8) is 0 Å². The Kier molecular flexibility index (Phi) is 6.84. The maximum atomic E-state index is 13.1. The number of amides is 3. The minimum Gasteiger partial charge on any atom is -0.462 e. The summed E-state index contributed by atoms with van der Waals surface area (Å²) < 4.78 is 10.2. The van der Waals surface area contributed by atoms with Crippen LogP contribution >= 0.6 is 0 Å². The van der Waals surface area contributed by atoms with Crippen LogP contribution in [0.25, 0.3) is 0 Å². The molecule has 1 heterocycles. The molecule has 38 heavy (non-hydrogen) atoms. The number of esters is 2. The summed E-state index contributed by atoms with van der Waals surface area (Å²) in [6.45, 7) is 3.74. The standard InChI is InChI=1S/C29H28N2O7/c1-3-12-37-28(35)17-4-8-20(9-5-17)30-23(32)15-38-29(36)18-6-10-21(11-7-18)31-26(33)24-19-13-16(2)22(14-19)25(24)27(31)34/h4-11,13,19,22,24-25H,3,12,14-15H2,1-2H3,(H,30,32)/t19-,22+,24-,25-/m0/s1. The van der Waals surface area contributed by atoms with Crippen molar-refractivity contribution in [2.24, 2.45) is 23.7 Å². The van der Waals surface area contributed by atoms with Gasteiger partial charge >= 0.3 is 11.9 Å². The highest BCUT2D eigenvalue weighted by Crippen LogP contribution is 2.55. The van der Waals surface area contributed by atoms with Crippen LogP contribution in [0.4, 0.5) is 11.4 Å². The van der Waals surface area contributed by atoms with Crippen LogP contribution in [0.3, 0.4) is 0 Å². The molecule has 2 aromatic rings. The molecule has 2 aromatic carbocycles. The van der Waals surface area contributed by atoms with Gasteiger partial charge in [0, 0.05) is 5.69 Å². The molecule has 0 unspecified atom stereocenters. The third-order valence-corrected chi connectivity index (χ3v) is 7.42. The normalized spacial score (nSPS) is 23.2. The van der Waals surface area contributed by atoms with Crippen molar-refractivity contribution in [2.75, 3.05) is 23.4 Å². The Bertz CT molecular complexity index is 1330. The lowest BCUT2D eigenvalue weighted by molar-refractivity contribution is -0.123. The molecular formula is C29H28N2O7. The molecule has 3 aliphatic rings. The van der Waals surface area contributed by atoms with Crippen LogP contribution < -0.4 is 10.2 Å². The van der Waals surface area contributed by atoms with E-state index in [0.29, 0.717) is 23.5 Å². The summed E-state index contributed by atoms with van der Waals surface area (Å²) in [7, 11) is 0. The fourth-order valence-electron chi connectivity index (χ4n) is 5.65. The van der Waals surface area contributed by atoms with E-state index in [1.165, 1.54) is 34.7 Å². The van der Waals surface area contributed by atoms with Gasteiger partial charge in [-0.05, 0) is 80.1 Å². The number of ether oxygens (including phenoxy) is 2. The van der Waals surface area contributed by atoms with E-state index in [9.17, 15) is 24.0 Å². The number of hydrogen-bond acceptors (Lipinski definition) is 7. The summed E-state index contributed by atoms with van der Waals surface area (Å²) in [6, 6.07) is 12.2. The third-order valence-electron chi connectivity index (χ3n) is 7.42. The first-order valence-corrected chi connectivity index (χ1v) is 12.7. The highest BCUT2D eigenvalue weighted by atomic mass is 16.5. The van der Waals surface area contributed by atoms with E-state index in [2.05, 4.69) is 11.4 Å². The summed E-state index contributed by atoms with van der Waals surface area (Å²) in [5, 5.41) is 2.59. The van der Waals surface area contributed by atoms with Gasteiger partial charge in [-0.25, -0.2) is 9.59 Å². The van der Waals surface area contributed by atoms with Crippen molar-refractivity contribution in [3.8, 4) is 0 Å². The third kappa shape index (κ3) is 4.60. The van der Waals surface area contributed by atoms with Crippen molar-refractivity contribution < 1.29 is 33.4 Å². The predicted octanol–water partition coefficient (Wildman–Crippen LogP) is 3.75. The van der Waals surface area contributed by atoms with Gasteiger partial charge in [0.25, 0.3) is 5.91 Å². The molecule has 5 rings (SSSR count). The zero-order valence-corrected chi connectivity index (χ0v) is 21.1. The van der Waals surface area contributed by atoms with Crippen LogP contribution in [0.5, 0.6) is 0 Å². The molecule has 0 spiro atoms. The molecule has 4 atom stereocenters. The number of imide groups is 1. The van der Waals surface area contributed by atoms with E-state index >= 15 is 0 Å². The lowest BCUT2D eigenvalue weighted by Gasteiger charge is -2.19. The molecule has 0 radical (unpaired) electrons. The SMILES string of the molecule is CCCOC(=O)c1ccc(NC(=O)COC(=O)c2ccc(N3C(=O)[C@@H]4[C@@H](C3=O)[C@H]3C=C(C)[C@H]4C3)cc2)cc1. The lowest BCUT2D eigenvalue weighted by atomic mass is 9.82. The number of carbonyl (C=O) groups is 5. The number of benzene rings is 2. The Balaban J connectivity index is 1.14. The fraction of sp³-hybridized carbons (Fsp3) is 0.345. The molecule has 2 bridgehead atoms. The van der Waals surface area contributed by atoms with Gasteiger partial charge in [0.2, 0.25) is 11.8 Å². The van der Waals surface area contributed by atoms with Crippen LogP contribution in [-0.2, 0) is 23.9 Å². The number of carbonyl (C=O) groups excluding carboxylic acids is 5. The van der Waals surface area contributed by atoms with Crippen LogP contribution in [0.2, 0.25) is 0 Å². The number of allylic oxidation sites excluding steroid dienone is 2. The Morgan fingerprint density at radius 2 is 1.50 bits per heavy atom. The van der Waals surface area contributed by atoms with E-state index in [1.807, 2.05) is 13.8 Å². The smallest absolute Gasteiger partial charge is 0.338 e. The van der Waals surface area contributed by atoms with Gasteiger partial charge in [-0.1, -0.05) is 18.6 Å². The maximum Gasteiger partial charge on any atom is 0.338 e. The summed E-state index contributed by atoms with van der Waals surface area (Å²) in [4.78, 5) is 63.9. The molecular weight excluding hydrogens is 488 g/mol. The number of fused-ring (bicyclic) bond motifs is 5. The first kappa shape index (κ1) is 25.4. The highest BCUT2D eigenvalue weighted by Gasteiger charge is 2.60. The highest BCUT2D eigenvalue weighted by molar-refractivity contribution is 6.23. The average Bonchev–Trinajstić information content (AvgIpc) is 3.56. The second-order valence-corrected chi connectivity index (χ2v) is 9.86. The molecule has 2 fully saturated rings. The summed E-state index contributed by atoms with van der Waals surface area (Å²) in [5.41, 5.74) is 2.60. The zero-order chi connectivity index (χ0) is 27.0. The van der Waals surface area contributed by atoms with Crippen LogP contribution in [0.1, 0.15) is 47.4 Å². The van der Waals surface area contributed by atoms with E-state index < -0.39 is 24.5 Å². The van der Waals surface area contributed by atoms with Crippen molar-refractivity contribution in [1.29, 1.82) is 0 Å². The first-order valence-electron chi connectivity index (χ1n) is 12.7. The first-order chi connectivity index (χ1) is 18.3. The molecule has 2 aliphatic carbocycles. The minimum absolute atomic E-state index is 0.118. The number of nitrogens with zero attached hydrogens (tertiary/aromatic N) is 1. The largest absolute Gasteiger partial charge is 0.462 e. The molecule has 9 nitrogen and oxygen atoms in total.